The van der Waals surface area contributed by atoms with E-state index >= 15 is 0 Å². The van der Waals surface area contributed by atoms with Crippen molar-refractivity contribution in [2.75, 3.05) is 0 Å². The second-order valence-corrected chi connectivity index (χ2v) is 16.2. The predicted molar refractivity (Wildman–Crippen MR) is 167 cm³/mol. The van der Waals surface area contributed by atoms with Crippen LogP contribution < -0.4 is 0 Å². The van der Waals surface area contributed by atoms with Gasteiger partial charge in [-0.15, -0.1) is 0 Å². The smallest absolute Gasteiger partial charge is 0.331 e. The largest absolute Gasteiger partial charge is 0.478 e. The fourth-order valence-corrected chi connectivity index (χ4v) is 10.7. The third-order valence-electron chi connectivity index (χ3n) is 12.8. The molecule has 0 heterocycles. The highest BCUT2D eigenvalue weighted by Crippen LogP contribution is 2.74. The van der Waals surface area contributed by atoms with Crippen LogP contribution in [0.5, 0.6) is 0 Å². The Labute approximate surface area is 264 Å². The van der Waals surface area contributed by atoms with Gasteiger partial charge in [0.05, 0.1) is 12.2 Å². The summed E-state index contributed by atoms with van der Waals surface area (Å²) in [6.45, 7) is 18.1. The lowest BCUT2D eigenvalue weighted by atomic mass is 9.35. The predicted octanol–water partition coefficient (Wildman–Crippen LogP) is 6.31. The van der Waals surface area contributed by atoms with Crippen LogP contribution in [0, 0.1) is 51.8 Å². The van der Waals surface area contributed by atoms with E-state index in [1.807, 2.05) is 20.8 Å². The fourth-order valence-electron chi connectivity index (χ4n) is 10.7. The summed E-state index contributed by atoms with van der Waals surface area (Å²) in [5.74, 6) is -1.77. The van der Waals surface area contributed by atoms with Crippen molar-refractivity contribution in [2.24, 2.45) is 51.8 Å². The number of carbonyl (C=O) groups excluding carboxylic acids is 2. The second kappa shape index (κ2) is 12.7. The minimum atomic E-state index is -1.03. The lowest BCUT2D eigenvalue weighted by molar-refractivity contribution is -0.288. The van der Waals surface area contributed by atoms with Gasteiger partial charge in [-0.3, -0.25) is 9.59 Å². The first-order valence-electron chi connectivity index (χ1n) is 17.1. The van der Waals surface area contributed by atoms with Gasteiger partial charge in [0.15, 0.2) is 0 Å². The fraction of sp³-hybridized carbons (Fsp3) is 0.861. The van der Waals surface area contributed by atoms with Crippen molar-refractivity contribution in [2.45, 2.75) is 145 Å². The summed E-state index contributed by atoms with van der Waals surface area (Å²) in [6.07, 6.45) is 2.51. The van der Waals surface area contributed by atoms with Crippen LogP contribution in [0.1, 0.15) is 120 Å². The first-order valence-corrected chi connectivity index (χ1v) is 17.1. The molecule has 0 spiro atoms. The molecule has 44 heavy (non-hydrogen) atoms. The molecule has 4 saturated carbocycles. The second-order valence-electron chi connectivity index (χ2n) is 16.2. The van der Waals surface area contributed by atoms with Crippen LogP contribution in [0.3, 0.4) is 0 Å². The number of ether oxygens (including phenoxy) is 2. The minimum absolute atomic E-state index is 0.0396. The van der Waals surface area contributed by atoms with E-state index in [1.54, 1.807) is 0 Å². The number of aliphatic carboxylic acids is 1. The number of aliphatic hydroxyl groups is 2. The van der Waals surface area contributed by atoms with Gasteiger partial charge in [-0.05, 0) is 90.9 Å². The monoisotopic (exact) mass is 618 g/mol. The molecule has 250 valence electrons. The molecule has 0 saturated heterocycles. The minimum Gasteiger partial charge on any atom is -0.478 e. The molecule has 11 unspecified atom stereocenters. The molecule has 8 heteroatoms. The summed E-state index contributed by atoms with van der Waals surface area (Å²) >= 11 is 0. The van der Waals surface area contributed by atoms with E-state index in [9.17, 15) is 29.7 Å². The van der Waals surface area contributed by atoms with Gasteiger partial charge in [0.25, 0.3) is 0 Å². The topological polar surface area (TPSA) is 130 Å². The average molecular weight is 619 g/mol. The van der Waals surface area contributed by atoms with Crippen LogP contribution in [0.25, 0.3) is 0 Å². The standard InChI is InChI=1S/C36H58O8/c1-19(2)11-10-12-23(33(41)42)29-24-13-14-27-34(7)16-15-25(38)21(5)30(34)31(44-28(39)17-20(3)4)32(40)36(27,9)35(24,8)18-26(29)43-22(6)37/h19-21,24-27,30-32,38,40H,10-18H2,1-9H3,(H,41,42)/b29-23-. The summed E-state index contributed by atoms with van der Waals surface area (Å²) in [6, 6.07) is 0. The van der Waals surface area contributed by atoms with Crippen molar-refractivity contribution in [1.29, 1.82) is 0 Å². The van der Waals surface area contributed by atoms with Gasteiger partial charge in [0.1, 0.15) is 12.2 Å². The van der Waals surface area contributed by atoms with Gasteiger partial charge < -0.3 is 24.8 Å². The summed E-state index contributed by atoms with van der Waals surface area (Å²) in [5, 5.41) is 34.1. The Hall–Kier alpha value is -1.93. The third-order valence-corrected chi connectivity index (χ3v) is 12.8. The van der Waals surface area contributed by atoms with E-state index in [0.717, 1.165) is 32.1 Å². The molecule has 4 aliphatic rings. The van der Waals surface area contributed by atoms with Gasteiger partial charge >= 0.3 is 17.9 Å². The lowest BCUT2D eigenvalue weighted by Crippen LogP contribution is -2.72. The molecule has 0 aromatic heterocycles. The normalized spacial score (nSPS) is 42.8. The highest BCUT2D eigenvalue weighted by atomic mass is 16.6. The maximum absolute atomic E-state index is 13.2. The van der Waals surface area contributed by atoms with Gasteiger partial charge in [-0.1, -0.05) is 61.8 Å². The average Bonchev–Trinajstić information content (AvgIpc) is 3.18. The molecule has 0 aliphatic heterocycles. The van der Waals surface area contributed by atoms with Crippen molar-refractivity contribution in [3.63, 3.8) is 0 Å². The number of fused-ring (bicyclic) bond motifs is 5. The lowest BCUT2D eigenvalue weighted by Gasteiger charge is -2.70. The highest BCUT2D eigenvalue weighted by molar-refractivity contribution is 5.88. The van der Waals surface area contributed by atoms with Gasteiger partial charge in [0.2, 0.25) is 0 Å². The van der Waals surface area contributed by atoms with Crippen molar-refractivity contribution in [3.05, 3.63) is 11.1 Å². The van der Waals surface area contributed by atoms with Crippen LogP contribution in [0.2, 0.25) is 0 Å². The highest BCUT2D eigenvalue weighted by Gasteiger charge is 2.74. The zero-order chi connectivity index (χ0) is 32.9. The van der Waals surface area contributed by atoms with Crippen molar-refractivity contribution in [3.8, 4) is 0 Å². The quantitative estimate of drug-likeness (QED) is 0.202. The molecule has 0 aromatic carbocycles. The Bertz CT molecular complexity index is 1140. The van der Waals surface area contributed by atoms with Crippen LogP contribution in [0.4, 0.5) is 0 Å². The summed E-state index contributed by atoms with van der Waals surface area (Å²) in [7, 11) is 0. The Morgan fingerprint density at radius 3 is 2.20 bits per heavy atom. The molecule has 11 atom stereocenters. The first-order chi connectivity index (χ1) is 20.4. The van der Waals surface area contributed by atoms with Gasteiger partial charge in [-0.25, -0.2) is 4.79 Å². The molecule has 0 amide bonds. The Kier molecular flexibility index (Phi) is 10.1. The molecule has 3 N–H and O–H groups in total. The van der Waals surface area contributed by atoms with Crippen LogP contribution in [-0.4, -0.2) is 57.6 Å². The van der Waals surface area contributed by atoms with E-state index in [4.69, 9.17) is 9.47 Å². The Morgan fingerprint density at radius 1 is 0.977 bits per heavy atom. The number of hydrogen-bond acceptors (Lipinski definition) is 7. The SMILES string of the molecule is CC(=O)OC1CC2(C)C(CCC3C4(C)CCC(O)C(C)C4C(OC(=O)CC(C)C)C(O)C32C)/C1=C(\CCCC(C)C)C(=O)O. The number of aliphatic hydroxyl groups excluding tert-OH is 2. The van der Waals surface area contributed by atoms with Crippen molar-refractivity contribution >= 4 is 17.9 Å². The summed E-state index contributed by atoms with van der Waals surface area (Å²) < 4.78 is 12.2. The molecular formula is C36H58O8. The number of rotatable bonds is 9. The number of carboxylic acids is 1. The van der Waals surface area contributed by atoms with E-state index in [2.05, 4.69) is 34.6 Å². The van der Waals surface area contributed by atoms with Crippen LogP contribution in [-0.2, 0) is 23.9 Å². The van der Waals surface area contributed by atoms with Gasteiger partial charge in [-0.2, -0.15) is 0 Å². The first kappa shape index (κ1) is 34.9. The maximum atomic E-state index is 13.2. The molecular weight excluding hydrogens is 560 g/mol. The number of carboxylic acid groups (broad SMARTS) is 1. The summed E-state index contributed by atoms with van der Waals surface area (Å²) in [5.41, 5.74) is -0.664. The van der Waals surface area contributed by atoms with Crippen molar-refractivity contribution < 1.29 is 39.2 Å². The molecule has 0 aromatic rings. The molecule has 0 radical (unpaired) electrons. The molecule has 4 aliphatic carbocycles. The number of hydrogen-bond donors (Lipinski definition) is 3. The van der Waals surface area contributed by atoms with E-state index in [0.29, 0.717) is 36.3 Å². The van der Waals surface area contributed by atoms with Crippen molar-refractivity contribution in [1.82, 2.24) is 0 Å². The zero-order valence-electron chi connectivity index (χ0n) is 28.5. The number of carbonyl (C=O) groups is 3. The zero-order valence-corrected chi connectivity index (χ0v) is 28.5. The van der Waals surface area contributed by atoms with E-state index < -0.39 is 47.2 Å². The van der Waals surface area contributed by atoms with Crippen LogP contribution >= 0.6 is 0 Å². The number of esters is 2. The summed E-state index contributed by atoms with van der Waals surface area (Å²) in [4.78, 5) is 38.5. The molecule has 4 fully saturated rings. The van der Waals surface area contributed by atoms with Crippen LogP contribution in [0.15, 0.2) is 11.1 Å². The molecule has 0 bridgehead atoms. The maximum Gasteiger partial charge on any atom is 0.331 e. The third kappa shape index (κ3) is 5.76. The molecule has 8 nitrogen and oxygen atoms in total. The van der Waals surface area contributed by atoms with Gasteiger partial charge in [0, 0.05) is 30.3 Å². The van der Waals surface area contributed by atoms with E-state index in [-0.39, 0.29) is 47.4 Å². The van der Waals surface area contributed by atoms with E-state index in [1.165, 1.54) is 6.92 Å². The molecule has 4 rings (SSSR count). The Balaban J connectivity index is 1.87. The Morgan fingerprint density at radius 2 is 1.64 bits per heavy atom.